The molecule has 2 atom stereocenters. The molecule has 2 unspecified atom stereocenters. The van der Waals surface area contributed by atoms with Gasteiger partial charge in [-0.1, -0.05) is 49.7 Å². The van der Waals surface area contributed by atoms with Crippen molar-refractivity contribution in [2.45, 2.75) is 77.3 Å². The molecular formula is C34H36ClF3N4O4. The molecule has 2 saturated heterocycles. The van der Waals surface area contributed by atoms with Gasteiger partial charge in [-0.2, -0.15) is 13.2 Å². The Kier molecular flexibility index (Phi) is 8.52. The van der Waals surface area contributed by atoms with Gasteiger partial charge in [-0.3, -0.25) is 29.4 Å². The van der Waals surface area contributed by atoms with Crippen LogP contribution in [0.25, 0.3) is 5.57 Å². The van der Waals surface area contributed by atoms with E-state index < -0.39 is 30.7 Å². The minimum Gasteiger partial charge on any atom is -0.336 e. The third kappa shape index (κ3) is 6.44. The van der Waals surface area contributed by atoms with Crippen LogP contribution in [0.2, 0.25) is 5.02 Å². The Morgan fingerprint density at radius 2 is 1.78 bits per heavy atom. The van der Waals surface area contributed by atoms with Crippen LogP contribution in [0.5, 0.6) is 0 Å². The minimum absolute atomic E-state index is 0.0149. The molecule has 0 aromatic heterocycles. The lowest BCUT2D eigenvalue weighted by Crippen LogP contribution is -2.59. The second-order valence-electron chi connectivity index (χ2n) is 13.5. The Hall–Kier alpha value is -3.70. The number of fused-ring (bicyclic) bond motifs is 1. The fraction of sp³-hybridized carbons (Fsp3) is 0.471. The first-order valence-electron chi connectivity index (χ1n) is 15.5. The number of carbonyl (C=O) groups excluding carboxylic acids is 4. The summed E-state index contributed by atoms with van der Waals surface area (Å²) < 4.78 is 43.6. The quantitative estimate of drug-likeness (QED) is 0.439. The molecule has 0 bridgehead atoms. The highest BCUT2D eigenvalue weighted by Gasteiger charge is 2.48. The van der Waals surface area contributed by atoms with E-state index in [1.165, 1.54) is 14.7 Å². The van der Waals surface area contributed by atoms with E-state index in [1.807, 2.05) is 12.1 Å². The Morgan fingerprint density at radius 1 is 1.04 bits per heavy atom. The van der Waals surface area contributed by atoms with Crippen molar-refractivity contribution in [3.63, 3.8) is 0 Å². The molecule has 3 aliphatic heterocycles. The summed E-state index contributed by atoms with van der Waals surface area (Å²) in [5, 5.41) is 2.83. The number of alkyl halides is 3. The molecule has 4 aliphatic rings. The van der Waals surface area contributed by atoms with E-state index in [2.05, 4.69) is 19.2 Å². The topological polar surface area (TPSA) is 90.0 Å². The largest absolute Gasteiger partial charge is 0.405 e. The average molecular weight is 657 g/mol. The summed E-state index contributed by atoms with van der Waals surface area (Å²) in [4.78, 5) is 55.0. The highest BCUT2D eigenvalue weighted by Crippen LogP contribution is 2.44. The van der Waals surface area contributed by atoms with Gasteiger partial charge in [0.05, 0.1) is 0 Å². The molecule has 1 aliphatic carbocycles. The van der Waals surface area contributed by atoms with E-state index in [0.717, 1.165) is 17.6 Å². The summed E-state index contributed by atoms with van der Waals surface area (Å²) in [5.41, 5.74) is 3.88. The average Bonchev–Trinajstić information content (AvgIpc) is 3.31. The van der Waals surface area contributed by atoms with Crippen LogP contribution in [0.1, 0.15) is 73.0 Å². The third-order valence-electron chi connectivity index (χ3n) is 9.65. The molecule has 244 valence electrons. The fourth-order valence-electron chi connectivity index (χ4n) is 7.11. The first-order valence-corrected chi connectivity index (χ1v) is 15.9. The molecule has 4 amide bonds. The molecule has 0 radical (unpaired) electrons. The number of carbonyl (C=O) groups is 4. The number of rotatable bonds is 5. The fourth-order valence-corrected chi connectivity index (χ4v) is 7.23. The van der Waals surface area contributed by atoms with Crippen molar-refractivity contribution in [2.75, 3.05) is 19.6 Å². The number of imide groups is 1. The van der Waals surface area contributed by atoms with Gasteiger partial charge < -0.3 is 9.80 Å². The van der Waals surface area contributed by atoms with E-state index in [0.29, 0.717) is 40.1 Å². The Bertz CT molecular complexity index is 1620. The minimum atomic E-state index is -4.57. The SMILES string of the molecule is CC1(C)CCC(C(=O)N2CCN(Cc3ccc4c(c3)CN(C3CCC(=O)NC3=O)C4=O)C(C(F)(F)F)C2)=C(c2ccc(Cl)cc2)C1. The zero-order chi connectivity index (χ0) is 33.0. The van der Waals surface area contributed by atoms with E-state index in [1.54, 1.807) is 30.3 Å². The molecule has 2 aromatic carbocycles. The molecule has 2 aromatic rings. The number of hydrogen-bond donors (Lipinski definition) is 1. The van der Waals surface area contributed by atoms with E-state index >= 15 is 0 Å². The Labute approximate surface area is 270 Å². The Morgan fingerprint density at radius 3 is 2.48 bits per heavy atom. The first kappa shape index (κ1) is 32.2. The molecule has 0 saturated carbocycles. The van der Waals surface area contributed by atoms with Crippen LogP contribution >= 0.6 is 11.6 Å². The highest BCUT2D eigenvalue weighted by molar-refractivity contribution is 6.30. The number of piperidine rings is 1. The van der Waals surface area contributed by atoms with Crippen LogP contribution in [-0.4, -0.2) is 76.2 Å². The van der Waals surface area contributed by atoms with Gasteiger partial charge in [0.15, 0.2) is 0 Å². The van der Waals surface area contributed by atoms with E-state index in [9.17, 15) is 32.3 Å². The monoisotopic (exact) mass is 656 g/mol. The molecule has 6 rings (SSSR count). The van der Waals surface area contributed by atoms with E-state index in [-0.39, 0.29) is 62.2 Å². The van der Waals surface area contributed by atoms with Gasteiger partial charge in [-0.05, 0) is 71.6 Å². The lowest BCUT2D eigenvalue weighted by Gasteiger charge is -2.43. The Balaban J connectivity index is 1.19. The van der Waals surface area contributed by atoms with Gasteiger partial charge in [-0.25, -0.2) is 0 Å². The van der Waals surface area contributed by atoms with Crippen LogP contribution in [0.3, 0.4) is 0 Å². The van der Waals surface area contributed by atoms with Crippen molar-refractivity contribution in [3.8, 4) is 0 Å². The van der Waals surface area contributed by atoms with Crippen LogP contribution in [0.4, 0.5) is 13.2 Å². The lowest BCUT2D eigenvalue weighted by atomic mass is 9.72. The number of halogens is 4. The number of nitrogens with one attached hydrogen (secondary N) is 1. The van der Waals surface area contributed by atoms with Crippen molar-refractivity contribution < 1.29 is 32.3 Å². The number of hydrogen-bond acceptors (Lipinski definition) is 5. The zero-order valence-corrected chi connectivity index (χ0v) is 26.5. The van der Waals surface area contributed by atoms with Crippen molar-refractivity contribution >= 4 is 40.8 Å². The van der Waals surface area contributed by atoms with E-state index in [4.69, 9.17) is 11.6 Å². The second-order valence-corrected chi connectivity index (χ2v) is 13.9. The van der Waals surface area contributed by atoms with Crippen LogP contribution in [0.15, 0.2) is 48.0 Å². The number of piperazine rings is 1. The van der Waals surface area contributed by atoms with Crippen molar-refractivity contribution in [2.24, 2.45) is 5.41 Å². The molecular weight excluding hydrogens is 621 g/mol. The molecule has 3 heterocycles. The van der Waals surface area contributed by atoms with Gasteiger partial charge in [0.1, 0.15) is 12.1 Å². The van der Waals surface area contributed by atoms with Crippen LogP contribution < -0.4 is 5.32 Å². The van der Waals surface area contributed by atoms with Crippen molar-refractivity contribution in [1.29, 1.82) is 0 Å². The predicted molar refractivity (Wildman–Crippen MR) is 165 cm³/mol. The molecule has 46 heavy (non-hydrogen) atoms. The standard InChI is InChI=1S/C34H36ClF3N4O4/c1-33(2)12-11-25(26(16-33)21-4-6-23(35)7-5-21)31(45)41-14-13-40(28(19-41)34(36,37)38)17-20-3-8-24-22(15-20)18-42(32(24)46)27-9-10-29(43)39-30(27)44/h3-8,15,27-28H,9-14,16-19H2,1-2H3,(H,39,43,44). The van der Waals surface area contributed by atoms with Gasteiger partial charge in [0, 0.05) is 55.3 Å². The summed E-state index contributed by atoms with van der Waals surface area (Å²) in [7, 11) is 0. The summed E-state index contributed by atoms with van der Waals surface area (Å²) in [5.74, 6) is -1.59. The molecule has 12 heteroatoms. The summed E-state index contributed by atoms with van der Waals surface area (Å²) in [6, 6.07) is 9.55. The normalized spacial score (nSPS) is 23.9. The lowest BCUT2D eigenvalue weighted by molar-refractivity contribution is -0.199. The number of benzene rings is 2. The maximum atomic E-state index is 14.5. The first-order chi connectivity index (χ1) is 21.7. The summed E-state index contributed by atoms with van der Waals surface area (Å²) >= 11 is 6.10. The molecule has 0 spiro atoms. The van der Waals surface area contributed by atoms with Gasteiger partial charge in [0.2, 0.25) is 17.7 Å². The van der Waals surface area contributed by atoms with Crippen LogP contribution in [0, 0.1) is 5.41 Å². The summed E-state index contributed by atoms with van der Waals surface area (Å²) in [6.07, 6.45) is -2.33. The van der Waals surface area contributed by atoms with Gasteiger partial charge >= 0.3 is 6.18 Å². The smallest absolute Gasteiger partial charge is 0.336 e. The maximum Gasteiger partial charge on any atom is 0.405 e. The summed E-state index contributed by atoms with van der Waals surface area (Å²) in [6.45, 7) is 4.09. The number of nitrogens with zero attached hydrogens (tertiary/aromatic N) is 3. The molecule has 1 N–H and O–H groups in total. The zero-order valence-electron chi connectivity index (χ0n) is 25.8. The molecule has 2 fully saturated rings. The third-order valence-corrected chi connectivity index (χ3v) is 9.90. The highest BCUT2D eigenvalue weighted by atomic mass is 35.5. The number of allylic oxidation sites excluding steroid dienone is 1. The maximum absolute atomic E-state index is 14.5. The molecule has 8 nitrogen and oxygen atoms in total. The van der Waals surface area contributed by atoms with Gasteiger partial charge in [0.25, 0.3) is 5.91 Å². The van der Waals surface area contributed by atoms with Gasteiger partial charge in [-0.15, -0.1) is 0 Å². The number of amides is 4. The van der Waals surface area contributed by atoms with Crippen molar-refractivity contribution in [1.82, 2.24) is 20.0 Å². The predicted octanol–water partition coefficient (Wildman–Crippen LogP) is 5.34. The van der Waals surface area contributed by atoms with Crippen molar-refractivity contribution in [3.05, 3.63) is 75.3 Å². The second kappa shape index (κ2) is 12.2. The van der Waals surface area contributed by atoms with Crippen LogP contribution in [-0.2, 0) is 27.5 Å².